The highest BCUT2D eigenvalue weighted by Gasteiger charge is 2.21. The lowest BCUT2D eigenvalue weighted by molar-refractivity contribution is 0.192. The van der Waals surface area contributed by atoms with Crippen LogP contribution in [0.1, 0.15) is 32.1 Å². The Morgan fingerprint density at radius 3 is 2.77 bits per heavy atom. The largest absolute Gasteiger partial charge is 0.414 e. The highest BCUT2D eigenvalue weighted by Crippen LogP contribution is 2.40. The summed E-state index contributed by atoms with van der Waals surface area (Å²) in [5.41, 5.74) is 0.282. The van der Waals surface area contributed by atoms with Gasteiger partial charge in [0, 0.05) is 12.1 Å². The van der Waals surface area contributed by atoms with E-state index in [1.165, 1.54) is 12.5 Å². The molecule has 1 aromatic heterocycles. The van der Waals surface area contributed by atoms with Crippen LogP contribution in [-0.4, -0.2) is 12.1 Å². The Bertz CT molecular complexity index is 764. The second kappa shape index (κ2) is 6.48. The van der Waals surface area contributed by atoms with E-state index in [2.05, 4.69) is 5.32 Å². The zero-order valence-electron chi connectivity index (χ0n) is 11.5. The van der Waals surface area contributed by atoms with Crippen LogP contribution >= 0.6 is 34.5 Å². The minimum atomic E-state index is -0.592. The highest BCUT2D eigenvalue weighted by atomic mass is 35.5. The molecule has 0 unspecified atom stereocenters. The molecular weight excluding hydrogens is 349 g/mol. The molecule has 1 aliphatic rings. The van der Waals surface area contributed by atoms with Gasteiger partial charge in [-0.15, -0.1) is 0 Å². The predicted octanol–water partition coefficient (Wildman–Crippen LogP) is 4.58. The van der Waals surface area contributed by atoms with Crippen LogP contribution in [0, 0.1) is 0 Å². The van der Waals surface area contributed by atoms with Crippen molar-refractivity contribution in [2.75, 3.05) is 0 Å². The first-order valence-electron chi connectivity index (χ1n) is 6.94. The molecule has 3 rings (SSSR count). The van der Waals surface area contributed by atoms with Crippen molar-refractivity contribution in [1.29, 1.82) is 0 Å². The van der Waals surface area contributed by atoms with Gasteiger partial charge in [0.1, 0.15) is 5.02 Å². The van der Waals surface area contributed by atoms with Crippen molar-refractivity contribution >= 4 is 50.9 Å². The maximum atomic E-state index is 12.0. The number of ether oxygens (including phenoxy) is 1. The number of hydrogen-bond donors (Lipinski definition) is 1. The molecule has 1 heterocycles. The lowest BCUT2D eigenvalue weighted by Gasteiger charge is -2.22. The second-order valence-electron chi connectivity index (χ2n) is 5.15. The summed E-state index contributed by atoms with van der Waals surface area (Å²) in [7, 11) is 0. The maximum absolute atomic E-state index is 12.0. The number of rotatable bonds is 2. The molecule has 0 atom stereocenters. The standard InChI is InChI=1S/C14H13Cl2NO4S/c15-8-6-9-12(22-14(19)20-9)10(16)11(8)21-13(18)17-7-4-2-1-3-5-7/h6-7H,1-5H2,(H,17,18). The zero-order valence-corrected chi connectivity index (χ0v) is 13.8. The Kier molecular flexibility index (Phi) is 4.61. The number of carbonyl (C=O) groups is 1. The van der Waals surface area contributed by atoms with E-state index in [-0.39, 0.29) is 27.4 Å². The molecule has 1 saturated carbocycles. The molecule has 0 spiro atoms. The molecule has 118 valence electrons. The SMILES string of the molecule is O=C(NC1CCCCC1)Oc1c(Cl)cc2oc(=O)sc2c1Cl. The van der Waals surface area contributed by atoms with Gasteiger partial charge in [0.05, 0.1) is 9.72 Å². The third-order valence-electron chi connectivity index (χ3n) is 3.60. The first kappa shape index (κ1) is 15.6. The van der Waals surface area contributed by atoms with Crippen LogP contribution in [0.3, 0.4) is 0 Å². The van der Waals surface area contributed by atoms with Crippen LogP contribution in [0.2, 0.25) is 10.0 Å². The quantitative estimate of drug-likeness (QED) is 0.849. The van der Waals surface area contributed by atoms with E-state index in [9.17, 15) is 9.59 Å². The molecule has 1 fully saturated rings. The fraction of sp³-hybridized carbons (Fsp3) is 0.429. The summed E-state index contributed by atoms with van der Waals surface area (Å²) in [6.07, 6.45) is 4.69. The first-order chi connectivity index (χ1) is 10.5. The molecule has 1 amide bonds. The van der Waals surface area contributed by atoms with E-state index in [4.69, 9.17) is 32.4 Å². The van der Waals surface area contributed by atoms with Crippen molar-refractivity contribution in [3.05, 3.63) is 25.8 Å². The van der Waals surface area contributed by atoms with Crippen LogP contribution in [0.5, 0.6) is 5.75 Å². The van der Waals surface area contributed by atoms with Gasteiger partial charge in [-0.3, -0.25) is 0 Å². The fourth-order valence-electron chi connectivity index (χ4n) is 2.56. The summed E-state index contributed by atoms with van der Waals surface area (Å²) in [6, 6.07) is 1.54. The van der Waals surface area contributed by atoms with E-state index in [0.717, 1.165) is 37.0 Å². The van der Waals surface area contributed by atoms with Gasteiger partial charge in [-0.1, -0.05) is 42.5 Å². The van der Waals surface area contributed by atoms with Gasteiger partial charge in [-0.25, -0.2) is 9.59 Å². The molecular formula is C14H13Cl2NO4S. The number of amides is 1. The maximum Gasteiger partial charge on any atom is 0.412 e. The molecule has 0 bridgehead atoms. The molecule has 1 aliphatic carbocycles. The summed E-state index contributed by atoms with van der Waals surface area (Å²) in [6.45, 7) is 0. The summed E-state index contributed by atoms with van der Waals surface area (Å²) < 4.78 is 10.6. The average molecular weight is 362 g/mol. The van der Waals surface area contributed by atoms with Crippen molar-refractivity contribution < 1.29 is 13.9 Å². The molecule has 2 aromatic rings. The topological polar surface area (TPSA) is 68.5 Å². The fourth-order valence-corrected chi connectivity index (χ4v) is 3.87. The van der Waals surface area contributed by atoms with E-state index in [1.807, 2.05) is 0 Å². The summed E-state index contributed by atoms with van der Waals surface area (Å²) in [4.78, 5) is 22.8. The Labute approximate surface area is 140 Å². The lowest BCUT2D eigenvalue weighted by Crippen LogP contribution is -2.38. The summed E-state index contributed by atoms with van der Waals surface area (Å²) >= 11 is 13.1. The smallest absolute Gasteiger partial charge is 0.412 e. The van der Waals surface area contributed by atoms with Crippen molar-refractivity contribution in [2.45, 2.75) is 38.1 Å². The molecule has 1 N–H and O–H groups in total. The van der Waals surface area contributed by atoms with E-state index in [0.29, 0.717) is 4.70 Å². The minimum Gasteiger partial charge on any atom is -0.414 e. The van der Waals surface area contributed by atoms with Gasteiger partial charge < -0.3 is 14.5 Å². The first-order valence-corrected chi connectivity index (χ1v) is 8.52. The van der Waals surface area contributed by atoms with Gasteiger partial charge in [0.15, 0.2) is 11.3 Å². The zero-order chi connectivity index (χ0) is 15.7. The molecule has 1 aromatic carbocycles. The highest BCUT2D eigenvalue weighted by molar-refractivity contribution is 7.16. The van der Waals surface area contributed by atoms with Gasteiger partial charge in [-0.2, -0.15) is 0 Å². The van der Waals surface area contributed by atoms with Gasteiger partial charge in [0.2, 0.25) is 0 Å². The van der Waals surface area contributed by atoms with Crippen LogP contribution < -0.4 is 15.0 Å². The minimum absolute atomic E-state index is 0.0428. The van der Waals surface area contributed by atoms with Gasteiger partial charge >= 0.3 is 11.0 Å². The average Bonchev–Trinajstić information content (AvgIpc) is 2.85. The number of hydrogen-bond acceptors (Lipinski definition) is 5. The number of nitrogens with one attached hydrogen (secondary N) is 1. The molecule has 8 heteroatoms. The van der Waals surface area contributed by atoms with E-state index >= 15 is 0 Å². The van der Waals surface area contributed by atoms with Crippen LogP contribution in [0.25, 0.3) is 10.3 Å². The van der Waals surface area contributed by atoms with E-state index in [1.54, 1.807) is 0 Å². The van der Waals surface area contributed by atoms with Crippen molar-refractivity contribution in [3.8, 4) is 5.75 Å². The van der Waals surface area contributed by atoms with Crippen molar-refractivity contribution in [2.24, 2.45) is 0 Å². The third-order valence-corrected chi connectivity index (χ3v) is 5.21. The molecule has 0 saturated heterocycles. The van der Waals surface area contributed by atoms with Crippen LogP contribution in [0.15, 0.2) is 15.3 Å². The van der Waals surface area contributed by atoms with E-state index < -0.39 is 11.0 Å². The normalized spacial score (nSPS) is 15.9. The van der Waals surface area contributed by atoms with Crippen LogP contribution in [-0.2, 0) is 0 Å². The number of benzene rings is 1. The van der Waals surface area contributed by atoms with Crippen molar-refractivity contribution in [1.82, 2.24) is 5.32 Å². The van der Waals surface area contributed by atoms with Gasteiger partial charge in [-0.05, 0) is 24.2 Å². The molecule has 0 radical (unpaired) electrons. The second-order valence-corrected chi connectivity index (χ2v) is 6.88. The Morgan fingerprint density at radius 1 is 1.32 bits per heavy atom. The number of halogens is 2. The Morgan fingerprint density at radius 2 is 2.05 bits per heavy atom. The monoisotopic (exact) mass is 361 g/mol. The summed E-state index contributed by atoms with van der Waals surface area (Å²) in [5, 5.41) is 3.05. The Hall–Kier alpha value is -1.24. The number of fused-ring (bicyclic) bond motifs is 1. The molecule has 22 heavy (non-hydrogen) atoms. The number of carbonyl (C=O) groups excluding carboxylic acids is 1. The Balaban J connectivity index is 1.80. The van der Waals surface area contributed by atoms with Crippen LogP contribution in [0.4, 0.5) is 4.79 Å². The van der Waals surface area contributed by atoms with Gasteiger partial charge in [0.25, 0.3) is 0 Å². The summed E-state index contributed by atoms with van der Waals surface area (Å²) in [5.74, 6) is 0.0428. The predicted molar refractivity (Wildman–Crippen MR) is 86.4 cm³/mol. The molecule has 5 nitrogen and oxygen atoms in total. The lowest BCUT2D eigenvalue weighted by atomic mass is 9.96. The molecule has 0 aliphatic heterocycles. The van der Waals surface area contributed by atoms with Crippen molar-refractivity contribution in [3.63, 3.8) is 0 Å². The third kappa shape index (κ3) is 3.24.